The van der Waals surface area contributed by atoms with Crippen LogP contribution in [0.3, 0.4) is 0 Å². The van der Waals surface area contributed by atoms with Crippen molar-refractivity contribution in [3.05, 3.63) is 59.7 Å². The molecule has 2 nitrogen and oxygen atoms in total. The first kappa shape index (κ1) is 45.2. The second kappa shape index (κ2) is 32.7. The van der Waals surface area contributed by atoms with Crippen LogP contribution in [0.15, 0.2) is 48.5 Å². The molecular formula is C49H84O2. The Balaban J connectivity index is 1.57. The Kier molecular flexibility index (Phi) is 29.0. The Morgan fingerprint density at radius 1 is 0.353 bits per heavy atom. The molecule has 0 aliphatic carbocycles. The summed E-state index contributed by atoms with van der Waals surface area (Å²) in [5.41, 5.74) is 2.63. The first-order valence-electron chi connectivity index (χ1n) is 22.6. The average Bonchev–Trinajstić information content (AvgIpc) is 3.15. The van der Waals surface area contributed by atoms with Gasteiger partial charge in [-0.3, -0.25) is 0 Å². The van der Waals surface area contributed by atoms with Gasteiger partial charge >= 0.3 is 0 Å². The summed E-state index contributed by atoms with van der Waals surface area (Å²) in [6.07, 6.45) is 41.9. The van der Waals surface area contributed by atoms with E-state index in [-0.39, 0.29) is 6.79 Å². The van der Waals surface area contributed by atoms with Crippen molar-refractivity contribution in [2.24, 2.45) is 0 Å². The van der Waals surface area contributed by atoms with Gasteiger partial charge in [-0.1, -0.05) is 244 Å². The molecule has 2 heteroatoms. The van der Waals surface area contributed by atoms with Crippen LogP contribution < -0.4 is 9.47 Å². The van der Waals surface area contributed by atoms with Crippen LogP contribution in [0, 0.1) is 0 Å². The van der Waals surface area contributed by atoms with Crippen molar-refractivity contribution in [2.75, 3.05) is 6.79 Å². The normalized spacial score (nSPS) is 12.6. The number of unbranched alkanes of at least 4 members (excludes halogenated alkanes) is 26. The van der Waals surface area contributed by atoms with Gasteiger partial charge in [-0.2, -0.15) is 0 Å². The van der Waals surface area contributed by atoms with Gasteiger partial charge in [-0.15, -0.1) is 0 Å². The molecule has 0 radical (unpaired) electrons. The Labute approximate surface area is 318 Å². The molecule has 0 spiro atoms. The zero-order valence-corrected chi connectivity index (χ0v) is 34.5. The van der Waals surface area contributed by atoms with Crippen LogP contribution in [0.2, 0.25) is 0 Å². The van der Waals surface area contributed by atoms with Gasteiger partial charge in [0.2, 0.25) is 6.79 Å². The topological polar surface area (TPSA) is 18.5 Å². The number of rotatable bonds is 36. The van der Waals surface area contributed by atoms with Crippen molar-refractivity contribution in [3.8, 4) is 11.5 Å². The first-order valence-corrected chi connectivity index (χ1v) is 22.6. The van der Waals surface area contributed by atoms with E-state index in [1.165, 1.54) is 204 Å². The maximum Gasteiger partial charge on any atom is 0.230 e. The monoisotopic (exact) mass is 705 g/mol. The summed E-state index contributed by atoms with van der Waals surface area (Å²) in [7, 11) is 0. The predicted molar refractivity (Wildman–Crippen MR) is 226 cm³/mol. The number of para-hydroxylation sites is 2. The molecule has 0 N–H and O–H groups in total. The summed E-state index contributed by atoms with van der Waals surface area (Å²) < 4.78 is 12.6. The van der Waals surface area contributed by atoms with Crippen molar-refractivity contribution in [2.45, 2.75) is 232 Å². The maximum atomic E-state index is 6.29. The van der Waals surface area contributed by atoms with Crippen LogP contribution in [-0.2, 0) is 0 Å². The molecule has 51 heavy (non-hydrogen) atoms. The van der Waals surface area contributed by atoms with E-state index < -0.39 is 0 Å². The summed E-state index contributed by atoms with van der Waals surface area (Å²) in [5, 5.41) is 0. The molecule has 2 aromatic rings. The molecule has 2 rings (SSSR count). The highest BCUT2D eigenvalue weighted by atomic mass is 16.7. The van der Waals surface area contributed by atoms with Gasteiger partial charge in [0.1, 0.15) is 11.5 Å². The second-order valence-electron chi connectivity index (χ2n) is 16.1. The Morgan fingerprint density at radius 3 is 0.902 bits per heavy atom. The lowest BCUT2D eigenvalue weighted by Gasteiger charge is -2.19. The molecule has 0 aliphatic rings. The van der Waals surface area contributed by atoms with Crippen molar-refractivity contribution in [1.29, 1.82) is 0 Å². The molecule has 0 saturated heterocycles. The highest BCUT2D eigenvalue weighted by Gasteiger charge is 2.14. The van der Waals surface area contributed by atoms with E-state index in [1.54, 1.807) is 0 Å². The summed E-state index contributed by atoms with van der Waals surface area (Å²) in [5.74, 6) is 2.94. The molecule has 0 heterocycles. The van der Waals surface area contributed by atoms with Gasteiger partial charge in [-0.05, 0) is 47.9 Å². The SMILES string of the molecule is CCCCCCCCCCCCCCCCC(C)c1ccccc1OCOc1ccccc1C(C)CCCCCCCCCCCCCCCC. The third-order valence-corrected chi connectivity index (χ3v) is 11.3. The quantitative estimate of drug-likeness (QED) is 0.0519. The Bertz CT molecular complexity index is 949. The average molecular weight is 705 g/mol. The van der Waals surface area contributed by atoms with Crippen molar-refractivity contribution in [1.82, 2.24) is 0 Å². The highest BCUT2D eigenvalue weighted by Crippen LogP contribution is 2.33. The van der Waals surface area contributed by atoms with Crippen LogP contribution in [-0.4, -0.2) is 6.79 Å². The molecule has 2 unspecified atom stereocenters. The van der Waals surface area contributed by atoms with E-state index in [0.29, 0.717) is 11.8 Å². The van der Waals surface area contributed by atoms with Gasteiger partial charge in [0, 0.05) is 0 Å². The van der Waals surface area contributed by atoms with Crippen molar-refractivity contribution >= 4 is 0 Å². The lowest BCUT2D eigenvalue weighted by molar-refractivity contribution is 0.117. The van der Waals surface area contributed by atoms with Gasteiger partial charge in [0.15, 0.2) is 0 Å². The van der Waals surface area contributed by atoms with Gasteiger partial charge < -0.3 is 9.47 Å². The van der Waals surface area contributed by atoms with Crippen LogP contribution >= 0.6 is 0 Å². The van der Waals surface area contributed by atoms with Crippen molar-refractivity contribution in [3.63, 3.8) is 0 Å². The Morgan fingerprint density at radius 2 is 0.608 bits per heavy atom. The van der Waals surface area contributed by atoms with Gasteiger partial charge in [0.05, 0.1) is 0 Å². The molecule has 292 valence electrons. The Hall–Kier alpha value is -1.96. The minimum absolute atomic E-state index is 0.255. The van der Waals surface area contributed by atoms with Gasteiger partial charge in [0.25, 0.3) is 0 Å². The molecule has 2 aromatic carbocycles. The smallest absolute Gasteiger partial charge is 0.230 e. The van der Waals surface area contributed by atoms with Crippen LogP contribution in [0.25, 0.3) is 0 Å². The number of hydrogen-bond acceptors (Lipinski definition) is 2. The predicted octanol–water partition coefficient (Wildman–Crippen LogP) is 17.1. The van der Waals surface area contributed by atoms with E-state index in [4.69, 9.17) is 9.47 Å². The highest BCUT2D eigenvalue weighted by molar-refractivity contribution is 5.37. The number of benzene rings is 2. The summed E-state index contributed by atoms with van der Waals surface area (Å²) >= 11 is 0. The lowest BCUT2D eigenvalue weighted by Crippen LogP contribution is -2.10. The molecule has 0 aliphatic heterocycles. The molecule has 0 bridgehead atoms. The van der Waals surface area contributed by atoms with Crippen LogP contribution in [0.1, 0.15) is 243 Å². The molecular weight excluding hydrogens is 621 g/mol. The zero-order valence-electron chi connectivity index (χ0n) is 34.5. The minimum Gasteiger partial charge on any atom is -0.457 e. The number of hydrogen-bond donors (Lipinski definition) is 0. The van der Waals surface area contributed by atoms with E-state index in [2.05, 4.69) is 76.2 Å². The van der Waals surface area contributed by atoms with Crippen LogP contribution in [0.5, 0.6) is 11.5 Å². The summed E-state index contributed by atoms with van der Waals surface area (Å²) in [6.45, 7) is 9.58. The third-order valence-electron chi connectivity index (χ3n) is 11.3. The fourth-order valence-electron chi connectivity index (χ4n) is 7.80. The van der Waals surface area contributed by atoms with E-state index in [1.807, 2.05) is 0 Å². The largest absolute Gasteiger partial charge is 0.457 e. The van der Waals surface area contributed by atoms with Crippen LogP contribution in [0.4, 0.5) is 0 Å². The molecule has 0 saturated carbocycles. The summed E-state index contributed by atoms with van der Waals surface area (Å²) in [6, 6.07) is 17.2. The minimum atomic E-state index is 0.255. The fraction of sp³-hybridized carbons (Fsp3) is 0.755. The van der Waals surface area contributed by atoms with E-state index >= 15 is 0 Å². The molecule has 0 fully saturated rings. The third kappa shape index (κ3) is 23.3. The zero-order chi connectivity index (χ0) is 36.5. The first-order chi connectivity index (χ1) is 25.2. The molecule has 2 atom stereocenters. The summed E-state index contributed by atoms with van der Waals surface area (Å²) in [4.78, 5) is 0. The molecule has 0 aromatic heterocycles. The fourth-order valence-corrected chi connectivity index (χ4v) is 7.80. The van der Waals surface area contributed by atoms with Gasteiger partial charge in [-0.25, -0.2) is 0 Å². The standard InChI is InChI=1S/C49H84O2/c1-5-7-9-11-13-15-17-19-21-23-25-27-29-31-37-44(3)46-39-33-35-41-48(46)50-43-51-49-42-36-34-40-47(49)45(4)38-32-30-28-26-24-22-20-18-16-14-12-10-8-6-2/h33-36,39-42,44-45H,5-32,37-38,43H2,1-4H3. The van der Waals surface area contributed by atoms with E-state index in [9.17, 15) is 0 Å². The lowest BCUT2D eigenvalue weighted by atomic mass is 9.93. The van der Waals surface area contributed by atoms with E-state index in [0.717, 1.165) is 11.5 Å². The number of ether oxygens (including phenoxy) is 2. The van der Waals surface area contributed by atoms with Crippen molar-refractivity contribution < 1.29 is 9.47 Å². The second-order valence-corrected chi connectivity index (χ2v) is 16.1. The molecule has 0 amide bonds. The maximum absolute atomic E-state index is 6.29.